The van der Waals surface area contributed by atoms with E-state index in [0.29, 0.717) is 0 Å². The average molecular weight is 305 g/mol. The van der Waals surface area contributed by atoms with Gasteiger partial charge in [-0.15, -0.1) is 0 Å². The minimum absolute atomic E-state index is 0.00832. The largest absolute Gasteiger partial charge is 0.476 e. The van der Waals surface area contributed by atoms with Crippen molar-refractivity contribution in [3.63, 3.8) is 0 Å². The molecule has 3 rings (SSSR count). The molecular weight excluding hydrogens is 296 g/mol. The zero-order valence-electron chi connectivity index (χ0n) is 11.2. The van der Waals surface area contributed by atoms with E-state index in [9.17, 15) is 18.7 Å². The van der Waals surface area contributed by atoms with Crippen LogP contribution >= 0.6 is 0 Å². The Balaban J connectivity index is 2.23. The smallest absolute Gasteiger partial charge is 0.356 e. The van der Waals surface area contributed by atoms with Crippen molar-refractivity contribution in [2.75, 3.05) is 5.32 Å². The van der Waals surface area contributed by atoms with Crippen LogP contribution in [0.5, 0.6) is 0 Å². The zero-order chi connectivity index (χ0) is 15.9. The first-order valence-electron chi connectivity index (χ1n) is 6.19. The Labute approximate surface area is 122 Å². The van der Waals surface area contributed by atoms with Crippen LogP contribution in [-0.2, 0) is 0 Å². The number of pyridine rings is 1. The third kappa shape index (κ3) is 2.14. The first kappa shape index (κ1) is 13.9. The number of aryl methyl sites for hydroxylation is 1. The second kappa shape index (κ2) is 5.06. The Hall–Kier alpha value is -3.03. The number of hydrogen-bond acceptors (Lipinski definition) is 5. The third-order valence-electron chi connectivity index (χ3n) is 3.06. The summed E-state index contributed by atoms with van der Waals surface area (Å²) in [5.74, 6) is -2.90. The number of anilines is 2. The van der Waals surface area contributed by atoms with Gasteiger partial charge in [0.05, 0.1) is 5.69 Å². The molecule has 0 saturated carbocycles. The minimum atomic E-state index is -1.46. The molecule has 0 aliphatic carbocycles. The first-order valence-corrected chi connectivity index (χ1v) is 6.19. The van der Waals surface area contributed by atoms with Gasteiger partial charge in [-0.25, -0.2) is 18.6 Å². The molecule has 0 aliphatic rings. The molecule has 22 heavy (non-hydrogen) atoms. The Morgan fingerprint density at radius 3 is 2.68 bits per heavy atom. The minimum Gasteiger partial charge on any atom is -0.476 e. The van der Waals surface area contributed by atoms with Crippen LogP contribution < -0.4 is 5.32 Å². The molecule has 2 heterocycles. The molecule has 0 radical (unpaired) electrons. The molecule has 0 spiro atoms. The van der Waals surface area contributed by atoms with Gasteiger partial charge in [0.1, 0.15) is 17.0 Å². The highest BCUT2D eigenvalue weighted by molar-refractivity contribution is 5.97. The average Bonchev–Trinajstić information content (AvgIpc) is 2.85. The predicted octanol–water partition coefficient (Wildman–Crippen LogP) is 3.25. The summed E-state index contributed by atoms with van der Waals surface area (Å²) in [5.41, 5.74) is -1.35. The van der Waals surface area contributed by atoms with Crippen LogP contribution in [0.4, 0.5) is 20.2 Å². The molecule has 0 amide bonds. The molecule has 6 nitrogen and oxygen atoms in total. The fourth-order valence-corrected chi connectivity index (χ4v) is 2.00. The SMILES string of the molecule is Cc1onc2c(F)c(Nc3ccccc3F)c(C(=O)O)nc12. The van der Waals surface area contributed by atoms with Crippen molar-refractivity contribution in [3.8, 4) is 0 Å². The normalized spacial score (nSPS) is 10.9. The van der Waals surface area contributed by atoms with Gasteiger partial charge in [0.25, 0.3) is 0 Å². The monoisotopic (exact) mass is 305 g/mol. The van der Waals surface area contributed by atoms with Gasteiger partial charge >= 0.3 is 5.97 Å². The van der Waals surface area contributed by atoms with Crippen molar-refractivity contribution in [3.05, 3.63) is 47.4 Å². The lowest BCUT2D eigenvalue weighted by Gasteiger charge is -2.11. The van der Waals surface area contributed by atoms with Gasteiger partial charge in [0, 0.05) is 0 Å². The van der Waals surface area contributed by atoms with Crippen molar-refractivity contribution in [2.24, 2.45) is 0 Å². The van der Waals surface area contributed by atoms with E-state index in [1.54, 1.807) is 0 Å². The van der Waals surface area contributed by atoms with Gasteiger partial charge in [-0.05, 0) is 19.1 Å². The summed E-state index contributed by atoms with van der Waals surface area (Å²) in [6, 6.07) is 5.49. The van der Waals surface area contributed by atoms with Crippen molar-refractivity contribution < 1.29 is 23.2 Å². The number of nitrogens with one attached hydrogen (secondary N) is 1. The summed E-state index contributed by atoms with van der Waals surface area (Å²) in [6.45, 7) is 1.48. The summed E-state index contributed by atoms with van der Waals surface area (Å²) in [6.07, 6.45) is 0. The number of nitrogens with zero attached hydrogens (tertiary/aromatic N) is 2. The highest BCUT2D eigenvalue weighted by Gasteiger charge is 2.24. The quantitative estimate of drug-likeness (QED) is 0.772. The predicted molar refractivity (Wildman–Crippen MR) is 73.1 cm³/mol. The molecule has 0 saturated heterocycles. The van der Waals surface area contributed by atoms with E-state index in [1.165, 1.54) is 25.1 Å². The lowest BCUT2D eigenvalue weighted by atomic mass is 10.2. The summed E-state index contributed by atoms with van der Waals surface area (Å²) in [4.78, 5) is 15.2. The lowest BCUT2D eigenvalue weighted by Crippen LogP contribution is -2.09. The number of para-hydroxylation sites is 1. The number of hydrogen-bond donors (Lipinski definition) is 2. The van der Waals surface area contributed by atoms with Crippen molar-refractivity contribution in [2.45, 2.75) is 6.92 Å². The number of benzene rings is 1. The second-order valence-corrected chi connectivity index (χ2v) is 4.50. The number of rotatable bonds is 3. The topological polar surface area (TPSA) is 88.2 Å². The van der Waals surface area contributed by atoms with Crippen LogP contribution in [0.1, 0.15) is 16.2 Å². The van der Waals surface area contributed by atoms with E-state index >= 15 is 0 Å². The molecule has 3 aromatic rings. The van der Waals surface area contributed by atoms with Crippen LogP contribution in [0.3, 0.4) is 0 Å². The fourth-order valence-electron chi connectivity index (χ4n) is 2.00. The van der Waals surface area contributed by atoms with E-state index in [-0.39, 0.29) is 22.5 Å². The molecule has 8 heteroatoms. The van der Waals surface area contributed by atoms with Gasteiger partial charge in [-0.1, -0.05) is 17.3 Å². The zero-order valence-corrected chi connectivity index (χ0v) is 11.2. The van der Waals surface area contributed by atoms with Crippen LogP contribution in [0.25, 0.3) is 11.0 Å². The molecule has 0 bridgehead atoms. The second-order valence-electron chi connectivity index (χ2n) is 4.50. The van der Waals surface area contributed by atoms with Gasteiger partial charge in [0.2, 0.25) is 0 Å². The summed E-state index contributed by atoms with van der Waals surface area (Å²) >= 11 is 0. The highest BCUT2D eigenvalue weighted by atomic mass is 19.1. The highest BCUT2D eigenvalue weighted by Crippen LogP contribution is 2.30. The number of aromatic carboxylic acids is 1. The number of carboxylic acid groups (broad SMARTS) is 1. The number of fused-ring (bicyclic) bond motifs is 1. The molecule has 0 atom stereocenters. The van der Waals surface area contributed by atoms with E-state index in [1.807, 2.05) is 0 Å². The fraction of sp³-hybridized carbons (Fsp3) is 0.0714. The number of halogens is 2. The molecule has 1 aromatic carbocycles. The number of carbonyl (C=O) groups is 1. The molecule has 0 aliphatic heterocycles. The first-order chi connectivity index (χ1) is 10.5. The summed E-state index contributed by atoms with van der Waals surface area (Å²) in [5, 5.41) is 15.1. The van der Waals surface area contributed by atoms with E-state index in [0.717, 1.165) is 6.07 Å². The summed E-state index contributed by atoms with van der Waals surface area (Å²) in [7, 11) is 0. The Bertz CT molecular complexity index is 892. The van der Waals surface area contributed by atoms with Crippen LogP contribution in [0.2, 0.25) is 0 Å². The van der Waals surface area contributed by atoms with Gasteiger partial charge in [-0.2, -0.15) is 0 Å². The van der Waals surface area contributed by atoms with Crippen LogP contribution in [0, 0.1) is 18.6 Å². The molecule has 2 N–H and O–H groups in total. The Kier molecular flexibility index (Phi) is 3.21. The molecule has 0 fully saturated rings. The van der Waals surface area contributed by atoms with Gasteiger partial charge < -0.3 is 14.9 Å². The number of aromatic nitrogens is 2. The molecular formula is C14H9F2N3O3. The van der Waals surface area contributed by atoms with Crippen LogP contribution in [0.15, 0.2) is 28.8 Å². The van der Waals surface area contributed by atoms with E-state index in [4.69, 9.17) is 4.52 Å². The van der Waals surface area contributed by atoms with Crippen molar-refractivity contribution in [1.29, 1.82) is 0 Å². The van der Waals surface area contributed by atoms with Crippen LogP contribution in [-0.4, -0.2) is 21.2 Å². The van der Waals surface area contributed by atoms with Gasteiger partial charge in [-0.3, -0.25) is 0 Å². The standard InChI is InChI=1S/C14H9F2N3O3/c1-6-10-12(19-22-6)9(16)11(13(18-10)14(20)21)17-8-5-3-2-4-7(8)15/h2-5,17H,1H3,(H,20,21). The Morgan fingerprint density at radius 2 is 2.00 bits per heavy atom. The van der Waals surface area contributed by atoms with Gasteiger partial charge in [0.15, 0.2) is 22.8 Å². The third-order valence-corrected chi connectivity index (χ3v) is 3.06. The van der Waals surface area contributed by atoms with Crippen molar-refractivity contribution >= 4 is 28.4 Å². The van der Waals surface area contributed by atoms with E-state index in [2.05, 4.69) is 15.5 Å². The van der Waals surface area contributed by atoms with Crippen molar-refractivity contribution in [1.82, 2.24) is 10.1 Å². The maximum atomic E-state index is 14.5. The summed E-state index contributed by atoms with van der Waals surface area (Å²) < 4.78 is 33.0. The molecule has 0 unspecified atom stereocenters. The number of carboxylic acids is 1. The lowest BCUT2D eigenvalue weighted by molar-refractivity contribution is 0.0691. The maximum absolute atomic E-state index is 14.5. The maximum Gasteiger partial charge on any atom is 0.356 e. The Morgan fingerprint density at radius 1 is 1.27 bits per heavy atom. The van der Waals surface area contributed by atoms with E-state index < -0.39 is 29.0 Å². The molecule has 2 aromatic heterocycles. The molecule has 112 valence electrons.